The highest BCUT2D eigenvalue weighted by Gasteiger charge is 2.25. The summed E-state index contributed by atoms with van der Waals surface area (Å²) >= 11 is 0. The molecule has 0 heterocycles. The molecule has 0 saturated carbocycles. The average molecular weight is 724 g/mol. The fourth-order valence-electron chi connectivity index (χ4n) is 5.72. The van der Waals surface area contributed by atoms with Gasteiger partial charge >= 0.3 is 12.2 Å². The van der Waals surface area contributed by atoms with Crippen LogP contribution in [0.4, 0.5) is 9.59 Å². The SMILES string of the molecule is CCN(CC(Cc1ccc(OCc2ccccc2)cc1)NC(=O)OC(C)(C)C)C[C@@H](Cc1ccc(OCc2ccccc2)cc1)NC(=O)OC(C)(C)C. The van der Waals surface area contributed by atoms with Crippen molar-refractivity contribution in [3.05, 3.63) is 131 Å². The van der Waals surface area contributed by atoms with Crippen LogP contribution < -0.4 is 20.1 Å². The van der Waals surface area contributed by atoms with Gasteiger partial charge in [0.2, 0.25) is 0 Å². The van der Waals surface area contributed by atoms with E-state index in [0.29, 0.717) is 45.7 Å². The molecule has 9 heteroatoms. The average Bonchev–Trinajstić information content (AvgIpc) is 3.10. The second-order valence-electron chi connectivity index (χ2n) is 15.3. The molecule has 0 aromatic heterocycles. The monoisotopic (exact) mass is 723 g/mol. The third-order valence-corrected chi connectivity index (χ3v) is 8.15. The van der Waals surface area contributed by atoms with Gasteiger partial charge < -0.3 is 29.6 Å². The minimum absolute atomic E-state index is 0.274. The van der Waals surface area contributed by atoms with Crippen molar-refractivity contribution >= 4 is 12.2 Å². The van der Waals surface area contributed by atoms with Gasteiger partial charge in [-0.25, -0.2) is 9.59 Å². The minimum atomic E-state index is -0.638. The zero-order chi connectivity index (χ0) is 38.3. The van der Waals surface area contributed by atoms with Crippen molar-refractivity contribution in [3.63, 3.8) is 0 Å². The lowest BCUT2D eigenvalue weighted by Crippen LogP contribution is -2.51. The van der Waals surface area contributed by atoms with Gasteiger partial charge in [0.05, 0.1) is 0 Å². The molecule has 2 amide bonds. The molecule has 0 fully saturated rings. The molecule has 0 saturated heterocycles. The summed E-state index contributed by atoms with van der Waals surface area (Å²) < 4.78 is 23.3. The van der Waals surface area contributed by atoms with E-state index in [1.165, 1.54) is 0 Å². The Labute approximate surface area is 316 Å². The first-order valence-electron chi connectivity index (χ1n) is 18.5. The first-order chi connectivity index (χ1) is 25.2. The topological polar surface area (TPSA) is 98.4 Å². The predicted octanol–water partition coefficient (Wildman–Crippen LogP) is 8.74. The van der Waals surface area contributed by atoms with Crippen molar-refractivity contribution in [1.82, 2.24) is 15.5 Å². The highest BCUT2D eigenvalue weighted by molar-refractivity contribution is 5.68. The Morgan fingerprint density at radius 3 is 1.23 bits per heavy atom. The third kappa shape index (κ3) is 16.0. The van der Waals surface area contributed by atoms with Gasteiger partial charge in [-0.15, -0.1) is 0 Å². The van der Waals surface area contributed by atoms with Crippen LogP contribution in [-0.4, -0.2) is 60.0 Å². The summed E-state index contributed by atoms with van der Waals surface area (Å²) in [4.78, 5) is 28.3. The lowest BCUT2D eigenvalue weighted by Gasteiger charge is -2.32. The predicted molar refractivity (Wildman–Crippen MR) is 210 cm³/mol. The van der Waals surface area contributed by atoms with Crippen molar-refractivity contribution in [1.29, 1.82) is 0 Å². The molecule has 0 spiro atoms. The van der Waals surface area contributed by atoms with Crippen LogP contribution in [0.1, 0.15) is 70.7 Å². The summed E-state index contributed by atoms with van der Waals surface area (Å²) in [6, 6.07) is 35.5. The molecule has 0 radical (unpaired) electrons. The van der Waals surface area contributed by atoms with Crippen molar-refractivity contribution in [2.45, 2.75) is 97.8 Å². The Morgan fingerprint density at radius 1 is 0.547 bits per heavy atom. The van der Waals surface area contributed by atoms with Crippen molar-refractivity contribution < 1.29 is 28.5 Å². The maximum absolute atomic E-state index is 13.0. The molecular formula is C44H57N3O6. The molecule has 0 aliphatic carbocycles. The first kappa shape index (κ1) is 40.7. The standard InChI is InChI=1S/C44H57N3O6/c1-8-47(29-37(45-41(48)52-43(2,3)4)27-33-19-23-39(24-20-33)50-31-35-15-11-9-12-16-35)30-38(46-42(49)53-44(5,6)7)28-34-21-25-40(26-22-34)51-32-36-17-13-10-14-18-36/h9-26,37-38H,8,27-32H2,1-7H3,(H,45,48)(H,46,49)/t37-,38?/m1/s1. The largest absolute Gasteiger partial charge is 0.489 e. The maximum atomic E-state index is 13.0. The Bertz CT molecular complexity index is 1540. The second kappa shape index (κ2) is 19.7. The Kier molecular flexibility index (Phi) is 15.2. The number of likely N-dealkylation sites (N-methyl/N-ethyl adjacent to an activating group) is 1. The van der Waals surface area contributed by atoms with E-state index < -0.39 is 23.4 Å². The van der Waals surface area contributed by atoms with Crippen LogP contribution >= 0.6 is 0 Å². The number of ether oxygens (including phenoxy) is 4. The maximum Gasteiger partial charge on any atom is 0.407 e. The number of rotatable bonds is 17. The van der Waals surface area contributed by atoms with Crippen LogP contribution in [0.15, 0.2) is 109 Å². The van der Waals surface area contributed by atoms with Crippen LogP contribution in [0.2, 0.25) is 0 Å². The fourth-order valence-corrected chi connectivity index (χ4v) is 5.72. The number of hydrogen-bond acceptors (Lipinski definition) is 7. The van der Waals surface area contributed by atoms with Gasteiger partial charge in [0.1, 0.15) is 35.9 Å². The van der Waals surface area contributed by atoms with Gasteiger partial charge in [-0.2, -0.15) is 0 Å². The molecule has 4 aromatic rings. The number of alkyl carbamates (subject to hydrolysis) is 2. The Morgan fingerprint density at radius 2 is 0.906 bits per heavy atom. The molecule has 0 bridgehead atoms. The number of carbonyl (C=O) groups excluding carboxylic acids is 2. The van der Waals surface area contributed by atoms with Gasteiger partial charge in [-0.3, -0.25) is 4.90 Å². The molecule has 0 aliphatic rings. The third-order valence-electron chi connectivity index (χ3n) is 8.15. The van der Waals surface area contributed by atoms with Crippen molar-refractivity contribution in [2.75, 3.05) is 19.6 Å². The van der Waals surface area contributed by atoms with E-state index in [-0.39, 0.29) is 12.1 Å². The molecular weight excluding hydrogens is 666 g/mol. The van der Waals surface area contributed by atoms with E-state index in [9.17, 15) is 9.59 Å². The normalized spacial score (nSPS) is 12.8. The highest BCUT2D eigenvalue weighted by Crippen LogP contribution is 2.19. The van der Waals surface area contributed by atoms with Gasteiger partial charge in [-0.1, -0.05) is 91.9 Å². The molecule has 53 heavy (non-hydrogen) atoms. The van der Waals surface area contributed by atoms with E-state index in [4.69, 9.17) is 18.9 Å². The van der Waals surface area contributed by atoms with E-state index in [1.54, 1.807) is 0 Å². The summed E-state index contributed by atoms with van der Waals surface area (Å²) in [7, 11) is 0. The molecule has 9 nitrogen and oxygen atoms in total. The first-order valence-corrected chi connectivity index (χ1v) is 18.5. The Hall–Kier alpha value is -5.02. The summed E-state index contributed by atoms with van der Waals surface area (Å²) in [6.07, 6.45) is 0.200. The van der Waals surface area contributed by atoms with Gasteiger partial charge in [0.15, 0.2) is 0 Å². The molecule has 2 N–H and O–H groups in total. The summed E-state index contributed by atoms with van der Waals surface area (Å²) in [5.74, 6) is 1.55. The van der Waals surface area contributed by atoms with Crippen molar-refractivity contribution in [3.8, 4) is 11.5 Å². The molecule has 4 aromatic carbocycles. The zero-order valence-corrected chi connectivity index (χ0v) is 32.4. The molecule has 284 valence electrons. The molecule has 4 rings (SSSR count). The highest BCUT2D eigenvalue weighted by atomic mass is 16.6. The number of hydrogen-bond donors (Lipinski definition) is 2. The molecule has 0 aliphatic heterocycles. The number of nitrogens with zero attached hydrogens (tertiary/aromatic N) is 1. The van der Waals surface area contributed by atoms with Gasteiger partial charge in [0.25, 0.3) is 0 Å². The summed E-state index contributed by atoms with van der Waals surface area (Å²) in [6.45, 7) is 15.9. The minimum Gasteiger partial charge on any atom is -0.489 e. The lowest BCUT2D eigenvalue weighted by molar-refractivity contribution is 0.0483. The quantitative estimate of drug-likeness (QED) is 0.112. The summed E-state index contributed by atoms with van der Waals surface area (Å²) in [5, 5.41) is 6.23. The van der Waals surface area contributed by atoms with Crippen LogP contribution in [-0.2, 0) is 35.5 Å². The van der Waals surface area contributed by atoms with Crippen LogP contribution in [0, 0.1) is 0 Å². The number of amides is 2. The van der Waals surface area contributed by atoms with Crippen LogP contribution in [0.25, 0.3) is 0 Å². The van der Waals surface area contributed by atoms with E-state index in [1.807, 2.05) is 151 Å². The number of carbonyl (C=O) groups is 2. The molecule has 1 unspecified atom stereocenters. The van der Waals surface area contributed by atoms with Gasteiger partial charge in [-0.05, 0) is 107 Å². The second-order valence-corrected chi connectivity index (χ2v) is 15.3. The van der Waals surface area contributed by atoms with E-state index in [2.05, 4.69) is 22.5 Å². The summed E-state index contributed by atoms with van der Waals surface area (Å²) in [5.41, 5.74) is 3.02. The Balaban J connectivity index is 1.45. The number of nitrogens with one attached hydrogen (secondary N) is 2. The fraction of sp³-hybridized carbons (Fsp3) is 0.409. The lowest BCUT2D eigenvalue weighted by atomic mass is 10.0. The van der Waals surface area contributed by atoms with Crippen LogP contribution in [0.3, 0.4) is 0 Å². The van der Waals surface area contributed by atoms with E-state index in [0.717, 1.165) is 33.8 Å². The smallest absolute Gasteiger partial charge is 0.407 e. The van der Waals surface area contributed by atoms with Crippen LogP contribution in [0.5, 0.6) is 11.5 Å². The van der Waals surface area contributed by atoms with Gasteiger partial charge in [0, 0.05) is 25.2 Å². The van der Waals surface area contributed by atoms with Crippen molar-refractivity contribution in [2.24, 2.45) is 0 Å². The zero-order valence-electron chi connectivity index (χ0n) is 32.4. The van der Waals surface area contributed by atoms with E-state index >= 15 is 0 Å². The number of benzene rings is 4. The molecule has 2 atom stereocenters.